The van der Waals surface area contributed by atoms with E-state index in [1.54, 1.807) is 24.3 Å². The third-order valence-corrected chi connectivity index (χ3v) is 3.46. The molecule has 0 saturated heterocycles. The molecule has 0 bridgehead atoms. The van der Waals surface area contributed by atoms with E-state index in [-0.39, 0.29) is 11.1 Å². The topological polar surface area (TPSA) is 107 Å². The summed E-state index contributed by atoms with van der Waals surface area (Å²) < 4.78 is 0. The Labute approximate surface area is 131 Å². The van der Waals surface area contributed by atoms with E-state index in [1.807, 2.05) is 0 Å². The number of hydrogen-bond acceptors (Lipinski definition) is 5. The molecule has 0 aliphatic heterocycles. The van der Waals surface area contributed by atoms with E-state index in [9.17, 15) is 25.0 Å². The minimum absolute atomic E-state index is 0.124. The number of amides is 1. The molecule has 2 aromatic rings. The molecule has 8 nitrogen and oxygen atoms in total. The second-order valence-electron chi connectivity index (χ2n) is 4.75. The van der Waals surface area contributed by atoms with Crippen LogP contribution in [-0.4, -0.2) is 27.7 Å². The zero-order valence-electron chi connectivity index (χ0n) is 12.2. The van der Waals surface area contributed by atoms with Crippen LogP contribution in [-0.2, 0) is 5.79 Å². The van der Waals surface area contributed by atoms with E-state index in [0.29, 0.717) is 4.90 Å². The first-order valence-corrected chi connectivity index (χ1v) is 6.60. The van der Waals surface area contributed by atoms with Crippen LogP contribution in [0.25, 0.3) is 0 Å². The minimum Gasteiger partial charge on any atom is -0.269 e. The summed E-state index contributed by atoms with van der Waals surface area (Å²) in [5, 5.41) is 23.2. The number of nitrogens with zero attached hydrogens (tertiary/aromatic N) is 3. The van der Waals surface area contributed by atoms with Crippen molar-refractivity contribution in [2.24, 2.45) is 0 Å². The number of carbonyl (C=O) groups excluding carboxylic acids is 1. The first-order valence-electron chi connectivity index (χ1n) is 6.60. The van der Waals surface area contributed by atoms with E-state index in [4.69, 9.17) is 0 Å². The Kier molecular flexibility index (Phi) is 4.35. The van der Waals surface area contributed by atoms with Gasteiger partial charge in [0, 0.05) is 12.6 Å². The molecular formula is C15H13N3O5. The zero-order chi connectivity index (χ0) is 17.0. The Bertz CT molecular complexity index is 719. The summed E-state index contributed by atoms with van der Waals surface area (Å²) in [4.78, 5) is 34.1. The van der Waals surface area contributed by atoms with Gasteiger partial charge in [0.1, 0.15) is 15.4 Å². The Morgan fingerprint density at radius 3 is 1.78 bits per heavy atom. The molecule has 0 fully saturated rings. The summed E-state index contributed by atoms with van der Waals surface area (Å²) in [5.41, 5.74) is -0.0826. The van der Waals surface area contributed by atoms with Crippen LogP contribution in [0, 0.1) is 20.2 Å². The smallest absolute Gasteiger partial charge is 0.269 e. The molecule has 0 saturated carbocycles. The van der Waals surface area contributed by atoms with Gasteiger partial charge in [-0.25, -0.2) is 4.90 Å². The number of nitro groups is 2. The van der Waals surface area contributed by atoms with Gasteiger partial charge in [-0.3, -0.25) is 25.0 Å². The van der Waals surface area contributed by atoms with E-state index < -0.39 is 21.5 Å². The lowest BCUT2D eigenvalue weighted by atomic mass is 10.1. The second kappa shape index (κ2) is 6.22. The van der Waals surface area contributed by atoms with Gasteiger partial charge in [0.15, 0.2) is 0 Å². The maximum Gasteiger partial charge on any atom is 0.573 e. The molecule has 0 aliphatic rings. The molecule has 0 N–H and O–H groups in total. The summed E-state index contributed by atoms with van der Waals surface area (Å²) in [6, 6.07) is 14.7. The molecule has 0 atom stereocenters. The highest BCUT2D eigenvalue weighted by Gasteiger charge is 2.64. The van der Waals surface area contributed by atoms with Crippen molar-refractivity contribution in [3.63, 3.8) is 0 Å². The van der Waals surface area contributed by atoms with Crippen molar-refractivity contribution < 1.29 is 14.6 Å². The summed E-state index contributed by atoms with van der Waals surface area (Å²) in [5.74, 6) is -3.71. The fourth-order valence-corrected chi connectivity index (χ4v) is 2.29. The molecular weight excluding hydrogens is 302 g/mol. The normalized spacial score (nSPS) is 10.8. The molecule has 0 unspecified atom stereocenters. The van der Waals surface area contributed by atoms with Crippen molar-refractivity contribution in [1.29, 1.82) is 0 Å². The zero-order valence-corrected chi connectivity index (χ0v) is 12.2. The molecule has 0 heterocycles. The van der Waals surface area contributed by atoms with E-state index >= 15 is 0 Å². The largest absolute Gasteiger partial charge is 0.573 e. The van der Waals surface area contributed by atoms with Crippen LogP contribution in [0.2, 0.25) is 0 Å². The van der Waals surface area contributed by atoms with Gasteiger partial charge >= 0.3 is 5.79 Å². The first kappa shape index (κ1) is 16.1. The van der Waals surface area contributed by atoms with E-state index in [0.717, 1.165) is 7.05 Å². The number of hydrogen-bond donors (Lipinski definition) is 0. The highest BCUT2D eigenvalue weighted by atomic mass is 16.7. The lowest BCUT2D eigenvalue weighted by molar-refractivity contribution is -0.834. The molecule has 2 rings (SSSR count). The lowest BCUT2D eigenvalue weighted by Gasteiger charge is -2.26. The Morgan fingerprint density at radius 2 is 1.35 bits per heavy atom. The fourth-order valence-electron chi connectivity index (χ4n) is 2.29. The fraction of sp³-hybridized carbons (Fsp3) is 0.133. The summed E-state index contributed by atoms with van der Waals surface area (Å²) in [6.45, 7) is 0. The predicted molar refractivity (Wildman–Crippen MR) is 80.6 cm³/mol. The van der Waals surface area contributed by atoms with Crippen LogP contribution in [0.5, 0.6) is 0 Å². The van der Waals surface area contributed by atoms with Crippen molar-refractivity contribution in [2.75, 3.05) is 7.05 Å². The molecule has 2 aromatic carbocycles. The minimum atomic E-state index is -2.89. The number of benzene rings is 2. The maximum atomic E-state index is 12.5. The summed E-state index contributed by atoms with van der Waals surface area (Å²) in [6.07, 6.45) is 0. The van der Waals surface area contributed by atoms with Gasteiger partial charge in [0.05, 0.1) is 0 Å². The van der Waals surface area contributed by atoms with Crippen molar-refractivity contribution in [2.45, 2.75) is 5.79 Å². The average molecular weight is 315 g/mol. The van der Waals surface area contributed by atoms with Gasteiger partial charge in [-0.15, -0.1) is 0 Å². The van der Waals surface area contributed by atoms with Crippen molar-refractivity contribution >= 4 is 5.91 Å². The van der Waals surface area contributed by atoms with Crippen molar-refractivity contribution in [3.05, 3.63) is 92.0 Å². The molecule has 1 amide bonds. The lowest BCUT2D eigenvalue weighted by Crippen LogP contribution is -2.57. The molecule has 0 aliphatic carbocycles. The van der Waals surface area contributed by atoms with Crippen molar-refractivity contribution in [1.82, 2.24) is 4.90 Å². The summed E-state index contributed by atoms with van der Waals surface area (Å²) in [7, 11) is 1.05. The standard InChI is InChI=1S/C15H13N3O5/c1-16(14(19)12-8-4-2-5-9-12)15(17(20)21,18(22)23)13-10-6-3-7-11-13/h2-11H,1H3. The highest BCUT2D eigenvalue weighted by Crippen LogP contribution is 2.30. The SMILES string of the molecule is CN(C(=O)c1ccccc1)C(c1ccccc1)([N+](=O)[O-])[N+](=O)[O-]. The number of carbonyl (C=O) groups is 1. The number of rotatable bonds is 5. The Balaban J connectivity index is 2.61. The van der Waals surface area contributed by atoms with Crippen LogP contribution >= 0.6 is 0 Å². The van der Waals surface area contributed by atoms with Gasteiger partial charge in [0.25, 0.3) is 5.91 Å². The molecule has 0 aromatic heterocycles. The van der Waals surface area contributed by atoms with E-state index in [1.165, 1.54) is 36.4 Å². The van der Waals surface area contributed by atoms with Gasteiger partial charge in [-0.05, 0) is 24.3 Å². The highest BCUT2D eigenvalue weighted by molar-refractivity contribution is 5.94. The monoisotopic (exact) mass is 315 g/mol. The second-order valence-corrected chi connectivity index (χ2v) is 4.75. The van der Waals surface area contributed by atoms with Gasteiger partial charge < -0.3 is 0 Å². The molecule has 0 spiro atoms. The van der Waals surface area contributed by atoms with Gasteiger partial charge in [0.2, 0.25) is 0 Å². The quantitative estimate of drug-likeness (QED) is 0.477. The maximum absolute atomic E-state index is 12.5. The molecule has 8 heteroatoms. The molecule has 0 radical (unpaired) electrons. The Morgan fingerprint density at radius 1 is 0.913 bits per heavy atom. The average Bonchev–Trinajstić information content (AvgIpc) is 2.55. The third-order valence-electron chi connectivity index (χ3n) is 3.46. The van der Waals surface area contributed by atoms with Crippen LogP contribution in [0.15, 0.2) is 60.7 Å². The van der Waals surface area contributed by atoms with Crippen LogP contribution < -0.4 is 0 Å². The summed E-state index contributed by atoms with van der Waals surface area (Å²) >= 11 is 0. The van der Waals surface area contributed by atoms with E-state index in [2.05, 4.69) is 0 Å². The first-order chi connectivity index (χ1) is 10.9. The van der Waals surface area contributed by atoms with Crippen LogP contribution in [0.4, 0.5) is 0 Å². The molecule has 118 valence electrons. The predicted octanol–water partition coefficient (Wildman–Crippen LogP) is 2.12. The van der Waals surface area contributed by atoms with Crippen LogP contribution in [0.1, 0.15) is 15.9 Å². The van der Waals surface area contributed by atoms with Gasteiger partial charge in [-0.2, -0.15) is 0 Å². The van der Waals surface area contributed by atoms with Crippen molar-refractivity contribution in [3.8, 4) is 0 Å². The third kappa shape index (κ3) is 2.61. The van der Waals surface area contributed by atoms with Crippen LogP contribution in [0.3, 0.4) is 0 Å². The molecule has 23 heavy (non-hydrogen) atoms. The van der Waals surface area contributed by atoms with Gasteiger partial charge in [-0.1, -0.05) is 36.4 Å². The Hall–Kier alpha value is -3.29.